The number of ether oxygens (including phenoxy) is 2. The fraction of sp³-hybridized carbons (Fsp3) is 0.455. The summed E-state index contributed by atoms with van der Waals surface area (Å²) in [5, 5.41) is 18.3. The Morgan fingerprint density at radius 3 is 2.81 bits per heavy atom. The molecule has 2 rings (SSSR count). The SMILES string of the molecule is OCCCc1cc2c(c(F)c1O)OCCO2. The van der Waals surface area contributed by atoms with Crippen molar-refractivity contribution in [3.8, 4) is 17.2 Å². The molecule has 0 aliphatic carbocycles. The van der Waals surface area contributed by atoms with Crippen LogP contribution in [-0.2, 0) is 6.42 Å². The maximum Gasteiger partial charge on any atom is 0.210 e. The third-order valence-electron chi connectivity index (χ3n) is 2.43. The van der Waals surface area contributed by atoms with E-state index in [2.05, 4.69) is 0 Å². The van der Waals surface area contributed by atoms with Crippen LogP contribution >= 0.6 is 0 Å². The van der Waals surface area contributed by atoms with Crippen LogP contribution in [0.15, 0.2) is 6.07 Å². The van der Waals surface area contributed by atoms with Gasteiger partial charge in [0.1, 0.15) is 13.2 Å². The predicted molar refractivity (Wildman–Crippen MR) is 54.5 cm³/mol. The molecular weight excluding hydrogens is 215 g/mol. The summed E-state index contributed by atoms with van der Waals surface area (Å²) in [4.78, 5) is 0. The highest BCUT2D eigenvalue weighted by Crippen LogP contribution is 2.40. The first-order chi connectivity index (χ1) is 7.74. The van der Waals surface area contributed by atoms with Crippen LogP contribution in [0.25, 0.3) is 0 Å². The molecule has 0 fully saturated rings. The number of rotatable bonds is 3. The standard InChI is InChI=1S/C11H13FO4/c12-9-10(14)7(2-1-3-13)6-8-11(9)16-5-4-15-8/h6,13-14H,1-5H2. The van der Waals surface area contributed by atoms with Gasteiger partial charge in [-0.1, -0.05) is 0 Å². The average Bonchev–Trinajstić information content (AvgIpc) is 2.32. The molecule has 0 amide bonds. The summed E-state index contributed by atoms with van der Waals surface area (Å²) < 4.78 is 24.0. The molecule has 0 bridgehead atoms. The maximum absolute atomic E-state index is 13.7. The largest absolute Gasteiger partial charge is 0.505 e. The molecule has 0 radical (unpaired) electrons. The van der Waals surface area contributed by atoms with E-state index in [9.17, 15) is 9.50 Å². The summed E-state index contributed by atoms with van der Waals surface area (Å²) in [6, 6.07) is 1.56. The Hall–Kier alpha value is -1.49. The van der Waals surface area contributed by atoms with Crippen molar-refractivity contribution in [2.24, 2.45) is 0 Å². The lowest BCUT2D eigenvalue weighted by molar-refractivity contribution is 0.162. The summed E-state index contributed by atoms with van der Waals surface area (Å²) in [5.74, 6) is -0.922. The van der Waals surface area contributed by atoms with Gasteiger partial charge in [-0.05, 0) is 18.9 Å². The van der Waals surface area contributed by atoms with E-state index in [0.717, 1.165) is 0 Å². The minimum Gasteiger partial charge on any atom is -0.505 e. The number of aryl methyl sites for hydroxylation is 1. The number of hydrogen-bond donors (Lipinski definition) is 2. The molecular formula is C11H13FO4. The van der Waals surface area contributed by atoms with E-state index in [1.165, 1.54) is 0 Å². The monoisotopic (exact) mass is 228 g/mol. The lowest BCUT2D eigenvalue weighted by Gasteiger charge is -2.20. The van der Waals surface area contributed by atoms with Crippen molar-refractivity contribution in [3.63, 3.8) is 0 Å². The van der Waals surface area contributed by atoms with Gasteiger partial charge in [-0.3, -0.25) is 0 Å². The average molecular weight is 228 g/mol. The van der Waals surface area contributed by atoms with Crippen molar-refractivity contribution in [1.82, 2.24) is 0 Å². The first-order valence-corrected chi connectivity index (χ1v) is 5.15. The summed E-state index contributed by atoms with van der Waals surface area (Å²) in [7, 11) is 0. The molecule has 0 spiro atoms. The number of benzene rings is 1. The summed E-state index contributed by atoms with van der Waals surface area (Å²) in [6.07, 6.45) is 0.864. The molecule has 16 heavy (non-hydrogen) atoms. The fourth-order valence-electron chi connectivity index (χ4n) is 1.65. The number of fused-ring (bicyclic) bond motifs is 1. The van der Waals surface area contributed by atoms with Crippen LogP contribution in [0, 0.1) is 5.82 Å². The van der Waals surface area contributed by atoms with Gasteiger partial charge in [0.15, 0.2) is 11.5 Å². The van der Waals surface area contributed by atoms with Gasteiger partial charge in [0.25, 0.3) is 0 Å². The van der Waals surface area contributed by atoms with Crippen LogP contribution in [0.1, 0.15) is 12.0 Å². The van der Waals surface area contributed by atoms with Gasteiger partial charge in [-0.2, -0.15) is 4.39 Å². The smallest absolute Gasteiger partial charge is 0.210 e. The van der Waals surface area contributed by atoms with Crippen LogP contribution in [0.3, 0.4) is 0 Å². The predicted octanol–water partition coefficient (Wildman–Crippen LogP) is 1.23. The van der Waals surface area contributed by atoms with Crippen LogP contribution in [0.5, 0.6) is 17.2 Å². The van der Waals surface area contributed by atoms with Crippen molar-refractivity contribution in [1.29, 1.82) is 0 Å². The van der Waals surface area contributed by atoms with Crippen molar-refractivity contribution >= 4 is 0 Å². The summed E-state index contributed by atoms with van der Waals surface area (Å²) in [5.41, 5.74) is 0.427. The third kappa shape index (κ3) is 1.90. The Bertz CT molecular complexity index is 392. The van der Waals surface area contributed by atoms with Crippen molar-refractivity contribution in [2.75, 3.05) is 19.8 Å². The van der Waals surface area contributed by atoms with Crippen LogP contribution in [0.2, 0.25) is 0 Å². The number of hydrogen-bond acceptors (Lipinski definition) is 4. The second-order valence-corrected chi connectivity index (χ2v) is 3.55. The zero-order chi connectivity index (χ0) is 11.5. The topological polar surface area (TPSA) is 58.9 Å². The number of halogens is 1. The zero-order valence-electron chi connectivity index (χ0n) is 8.70. The van der Waals surface area contributed by atoms with E-state index >= 15 is 0 Å². The molecule has 0 saturated heterocycles. The highest BCUT2D eigenvalue weighted by molar-refractivity contribution is 5.52. The van der Waals surface area contributed by atoms with Gasteiger partial charge in [0.2, 0.25) is 11.6 Å². The molecule has 1 aliphatic heterocycles. The number of phenolic OH excluding ortho intramolecular Hbond substituents is 1. The molecule has 0 aromatic heterocycles. The van der Waals surface area contributed by atoms with E-state index in [4.69, 9.17) is 14.6 Å². The summed E-state index contributed by atoms with van der Waals surface area (Å²) >= 11 is 0. The highest BCUT2D eigenvalue weighted by Gasteiger charge is 2.22. The van der Waals surface area contributed by atoms with Crippen LogP contribution in [0.4, 0.5) is 4.39 Å². The Labute approximate surface area is 92.2 Å². The lowest BCUT2D eigenvalue weighted by Crippen LogP contribution is -2.16. The van der Waals surface area contributed by atoms with Crippen molar-refractivity contribution < 1.29 is 24.1 Å². The van der Waals surface area contributed by atoms with Gasteiger partial charge >= 0.3 is 0 Å². The van der Waals surface area contributed by atoms with Crippen molar-refractivity contribution in [3.05, 3.63) is 17.4 Å². The van der Waals surface area contributed by atoms with E-state index < -0.39 is 11.6 Å². The van der Waals surface area contributed by atoms with E-state index in [1.807, 2.05) is 0 Å². The molecule has 0 atom stereocenters. The molecule has 1 aromatic rings. The molecule has 5 heteroatoms. The van der Waals surface area contributed by atoms with E-state index in [0.29, 0.717) is 30.8 Å². The Balaban J connectivity index is 2.36. The highest BCUT2D eigenvalue weighted by atomic mass is 19.1. The molecule has 1 heterocycles. The van der Waals surface area contributed by atoms with Crippen molar-refractivity contribution in [2.45, 2.75) is 12.8 Å². The van der Waals surface area contributed by atoms with Crippen LogP contribution in [-0.4, -0.2) is 30.0 Å². The molecule has 2 N–H and O–H groups in total. The minimum absolute atomic E-state index is 0.00446. The normalized spacial score (nSPS) is 13.9. The van der Waals surface area contributed by atoms with Gasteiger partial charge in [-0.15, -0.1) is 0 Å². The Kier molecular flexibility index (Phi) is 3.14. The number of aromatic hydroxyl groups is 1. The fourth-order valence-corrected chi connectivity index (χ4v) is 1.65. The van der Waals surface area contributed by atoms with E-state index in [1.54, 1.807) is 6.07 Å². The maximum atomic E-state index is 13.7. The lowest BCUT2D eigenvalue weighted by atomic mass is 10.1. The summed E-state index contributed by atoms with van der Waals surface area (Å²) in [6.45, 7) is 0.644. The Morgan fingerprint density at radius 1 is 1.31 bits per heavy atom. The molecule has 0 saturated carbocycles. The molecule has 4 nitrogen and oxygen atoms in total. The van der Waals surface area contributed by atoms with Gasteiger partial charge in [0, 0.05) is 12.2 Å². The number of phenols is 1. The zero-order valence-corrected chi connectivity index (χ0v) is 8.70. The molecule has 88 valence electrons. The first kappa shape index (κ1) is 11.0. The number of aliphatic hydroxyl groups is 1. The molecule has 0 unspecified atom stereocenters. The second-order valence-electron chi connectivity index (χ2n) is 3.55. The Morgan fingerprint density at radius 2 is 2.06 bits per heavy atom. The molecule has 1 aliphatic rings. The number of aliphatic hydroxyl groups excluding tert-OH is 1. The second kappa shape index (κ2) is 4.57. The quantitative estimate of drug-likeness (QED) is 0.816. The van der Waals surface area contributed by atoms with E-state index in [-0.39, 0.29) is 19.0 Å². The first-order valence-electron chi connectivity index (χ1n) is 5.15. The van der Waals surface area contributed by atoms with Gasteiger partial charge in [0.05, 0.1) is 0 Å². The van der Waals surface area contributed by atoms with Gasteiger partial charge in [-0.25, -0.2) is 0 Å². The van der Waals surface area contributed by atoms with Gasteiger partial charge < -0.3 is 19.7 Å². The third-order valence-corrected chi connectivity index (χ3v) is 2.43. The van der Waals surface area contributed by atoms with Crippen LogP contribution < -0.4 is 9.47 Å². The molecule has 1 aromatic carbocycles. The minimum atomic E-state index is -0.787.